The highest BCUT2D eigenvalue weighted by Gasteiger charge is 2.34. The van der Waals surface area contributed by atoms with Gasteiger partial charge in [-0.3, -0.25) is 0 Å². The maximum Gasteiger partial charge on any atom is 0.346 e. The zero-order valence-corrected chi connectivity index (χ0v) is 19.2. The Bertz CT molecular complexity index is 1060. The van der Waals surface area contributed by atoms with Crippen molar-refractivity contribution >= 4 is 57.0 Å². The average Bonchev–Trinajstić information content (AvgIpc) is 3.29. The van der Waals surface area contributed by atoms with Crippen LogP contribution in [0.5, 0.6) is 0 Å². The summed E-state index contributed by atoms with van der Waals surface area (Å²) < 4.78 is 10.6. The fourth-order valence-corrected chi connectivity index (χ4v) is 6.54. The minimum Gasteiger partial charge on any atom is -0.465 e. The second-order valence-corrected chi connectivity index (χ2v) is 9.82. The molecule has 7 heteroatoms. The van der Waals surface area contributed by atoms with Crippen LogP contribution in [-0.4, -0.2) is 26.2 Å². The van der Waals surface area contributed by atoms with Crippen molar-refractivity contribution in [1.82, 2.24) is 0 Å². The zero-order chi connectivity index (χ0) is 21.8. The van der Waals surface area contributed by atoms with Crippen molar-refractivity contribution in [2.75, 3.05) is 14.2 Å². The summed E-state index contributed by atoms with van der Waals surface area (Å²) in [5.74, 6) is -1.09. The number of allylic oxidation sites excluding steroid dienone is 3. The quantitative estimate of drug-likeness (QED) is 0.507. The van der Waals surface area contributed by atoms with Crippen molar-refractivity contribution in [3.63, 3.8) is 0 Å². The van der Waals surface area contributed by atoms with Gasteiger partial charge in [0, 0.05) is 9.81 Å². The summed E-state index contributed by atoms with van der Waals surface area (Å²) in [5, 5.41) is 0. The molecule has 2 heterocycles. The number of benzene rings is 2. The number of rotatable bonds is 4. The van der Waals surface area contributed by atoms with E-state index in [1.807, 2.05) is 36.4 Å². The van der Waals surface area contributed by atoms with Gasteiger partial charge in [-0.2, -0.15) is 0 Å². The smallest absolute Gasteiger partial charge is 0.346 e. The van der Waals surface area contributed by atoms with Crippen molar-refractivity contribution in [2.45, 2.75) is 0 Å². The molecule has 0 amide bonds. The molecule has 2 aromatic rings. The lowest BCUT2D eigenvalue weighted by atomic mass is 10.1. The molecule has 4 nitrogen and oxygen atoms in total. The Morgan fingerprint density at radius 2 is 1.06 bits per heavy atom. The van der Waals surface area contributed by atoms with Gasteiger partial charge in [-0.15, -0.1) is 0 Å². The molecule has 0 atom stereocenters. The van der Waals surface area contributed by atoms with Gasteiger partial charge >= 0.3 is 11.9 Å². The zero-order valence-electron chi connectivity index (χ0n) is 16.8. The first-order valence-corrected chi connectivity index (χ1v) is 11.8. The molecule has 0 radical (unpaired) electrons. The van der Waals surface area contributed by atoms with Gasteiger partial charge in [0.15, 0.2) is 0 Å². The number of thioether (sulfide) groups is 3. The first-order chi connectivity index (χ1) is 15.1. The molecule has 31 heavy (non-hydrogen) atoms. The SMILES string of the molecule is COC(=O)C1=C(C(=O)OC)SC(=C2C=C(c3ccccc3)SC(c3ccccc3)=C2)S1. The summed E-state index contributed by atoms with van der Waals surface area (Å²) in [5.41, 5.74) is 3.15. The Kier molecular flexibility index (Phi) is 6.75. The molecule has 156 valence electrons. The van der Waals surface area contributed by atoms with E-state index in [2.05, 4.69) is 36.4 Å². The highest BCUT2D eigenvalue weighted by molar-refractivity contribution is 8.29. The lowest BCUT2D eigenvalue weighted by Crippen LogP contribution is -2.08. The normalized spacial score (nSPS) is 16.1. The Hall–Kier alpha value is -2.61. The number of hydrogen-bond acceptors (Lipinski definition) is 7. The van der Waals surface area contributed by atoms with Crippen molar-refractivity contribution < 1.29 is 19.1 Å². The van der Waals surface area contributed by atoms with Crippen LogP contribution in [0, 0.1) is 0 Å². The van der Waals surface area contributed by atoms with Gasteiger partial charge in [-0.25, -0.2) is 9.59 Å². The minimum atomic E-state index is -0.543. The number of methoxy groups -OCH3 is 2. The predicted molar refractivity (Wildman–Crippen MR) is 130 cm³/mol. The topological polar surface area (TPSA) is 52.6 Å². The Labute approximate surface area is 193 Å². The summed E-state index contributed by atoms with van der Waals surface area (Å²) in [6, 6.07) is 20.3. The van der Waals surface area contributed by atoms with Crippen LogP contribution in [0.2, 0.25) is 0 Å². The molecule has 0 aliphatic carbocycles. The molecule has 0 aromatic heterocycles. The second kappa shape index (κ2) is 9.68. The summed E-state index contributed by atoms with van der Waals surface area (Å²) >= 11 is 4.19. The third-order valence-corrected chi connectivity index (χ3v) is 8.25. The van der Waals surface area contributed by atoms with Gasteiger partial charge < -0.3 is 9.47 Å². The lowest BCUT2D eigenvalue weighted by Gasteiger charge is -2.18. The highest BCUT2D eigenvalue weighted by Crippen LogP contribution is 2.54. The van der Waals surface area contributed by atoms with Gasteiger partial charge in [-0.1, -0.05) is 95.9 Å². The fourth-order valence-electron chi connectivity index (χ4n) is 2.98. The van der Waals surface area contributed by atoms with E-state index in [0.717, 1.165) is 30.7 Å². The summed E-state index contributed by atoms with van der Waals surface area (Å²) in [6.07, 6.45) is 4.19. The third kappa shape index (κ3) is 4.69. The summed E-state index contributed by atoms with van der Waals surface area (Å²) in [6.45, 7) is 0. The molecule has 0 saturated carbocycles. The molecule has 0 N–H and O–H groups in total. The van der Waals surface area contributed by atoms with Gasteiger partial charge in [0.25, 0.3) is 0 Å². The minimum absolute atomic E-state index is 0.254. The molecule has 2 aliphatic heterocycles. The fraction of sp³-hybridized carbons (Fsp3) is 0.0833. The van der Waals surface area contributed by atoms with Crippen molar-refractivity contribution in [2.24, 2.45) is 0 Å². The van der Waals surface area contributed by atoms with Crippen molar-refractivity contribution in [3.05, 3.63) is 104 Å². The van der Waals surface area contributed by atoms with Crippen molar-refractivity contribution in [3.8, 4) is 0 Å². The molecule has 0 saturated heterocycles. The molecule has 4 rings (SSSR count). The van der Waals surface area contributed by atoms with E-state index >= 15 is 0 Å². The Morgan fingerprint density at radius 1 is 0.645 bits per heavy atom. The van der Waals surface area contributed by atoms with Crippen LogP contribution in [0.15, 0.2) is 92.4 Å². The third-order valence-electron chi connectivity index (χ3n) is 4.48. The number of carbonyl (C=O) groups is 2. The molecule has 0 bridgehead atoms. The summed E-state index contributed by atoms with van der Waals surface area (Å²) in [4.78, 5) is 27.2. The van der Waals surface area contributed by atoms with Crippen LogP contribution in [0.3, 0.4) is 0 Å². The number of esters is 2. The molecule has 0 fully saturated rings. The van der Waals surface area contributed by atoms with E-state index in [0.29, 0.717) is 0 Å². The van der Waals surface area contributed by atoms with E-state index in [1.54, 1.807) is 11.8 Å². The van der Waals surface area contributed by atoms with E-state index in [9.17, 15) is 9.59 Å². The Balaban J connectivity index is 1.80. The number of carbonyl (C=O) groups excluding carboxylic acids is 2. The highest BCUT2D eigenvalue weighted by atomic mass is 32.2. The first-order valence-electron chi connectivity index (χ1n) is 9.33. The molecular formula is C24H18O4S3. The Morgan fingerprint density at radius 3 is 1.45 bits per heavy atom. The standard InChI is InChI=1S/C24H18O4S3/c1-27-22(25)20-21(23(26)28-2)31-24(30-20)17-13-18(15-9-5-3-6-10-15)29-19(14-17)16-11-7-4-8-12-16/h3-14H,1-2H3. The van der Waals surface area contributed by atoms with Crippen LogP contribution in [0.1, 0.15) is 11.1 Å². The van der Waals surface area contributed by atoms with E-state index < -0.39 is 11.9 Å². The van der Waals surface area contributed by atoms with Crippen LogP contribution in [0.25, 0.3) is 9.81 Å². The van der Waals surface area contributed by atoms with Crippen LogP contribution in [0.4, 0.5) is 0 Å². The largest absolute Gasteiger partial charge is 0.465 e. The molecular weight excluding hydrogens is 448 g/mol. The molecule has 2 aliphatic rings. The van der Waals surface area contributed by atoms with Gasteiger partial charge in [0.2, 0.25) is 0 Å². The molecule has 0 unspecified atom stereocenters. The molecule has 0 spiro atoms. The van der Waals surface area contributed by atoms with Gasteiger partial charge in [0.1, 0.15) is 9.81 Å². The number of ether oxygens (including phenoxy) is 2. The summed E-state index contributed by atoms with van der Waals surface area (Å²) in [7, 11) is 2.61. The van der Waals surface area contributed by atoms with Gasteiger partial charge in [-0.05, 0) is 28.9 Å². The predicted octanol–water partition coefficient (Wildman–Crippen LogP) is 6.06. The maximum atomic E-state index is 12.3. The lowest BCUT2D eigenvalue weighted by molar-refractivity contribution is -0.138. The first kappa shape index (κ1) is 21.6. The van der Waals surface area contributed by atoms with E-state index in [4.69, 9.17) is 9.47 Å². The monoisotopic (exact) mass is 466 g/mol. The van der Waals surface area contributed by atoms with Crippen LogP contribution >= 0.6 is 35.3 Å². The van der Waals surface area contributed by atoms with E-state index in [1.165, 1.54) is 37.7 Å². The van der Waals surface area contributed by atoms with E-state index in [-0.39, 0.29) is 9.81 Å². The van der Waals surface area contributed by atoms with Crippen molar-refractivity contribution in [1.29, 1.82) is 0 Å². The average molecular weight is 467 g/mol. The van der Waals surface area contributed by atoms with Gasteiger partial charge in [0.05, 0.1) is 18.5 Å². The second-order valence-electron chi connectivity index (χ2n) is 6.44. The maximum absolute atomic E-state index is 12.3. The van der Waals surface area contributed by atoms with Crippen LogP contribution in [-0.2, 0) is 19.1 Å². The molecule has 2 aromatic carbocycles. The van der Waals surface area contributed by atoms with Crippen LogP contribution < -0.4 is 0 Å². The number of hydrogen-bond donors (Lipinski definition) is 0.